The summed E-state index contributed by atoms with van der Waals surface area (Å²) in [4.78, 5) is 16.6. The maximum atomic E-state index is 12.2. The highest BCUT2D eigenvalue weighted by Crippen LogP contribution is 2.35. The van der Waals surface area contributed by atoms with E-state index in [4.69, 9.17) is 14.2 Å². The number of methoxy groups -OCH3 is 1. The third-order valence-corrected chi connectivity index (χ3v) is 5.06. The van der Waals surface area contributed by atoms with Crippen LogP contribution in [-0.2, 0) is 9.53 Å². The van der Waals surface area contributed by atoms with Crippen LogP contribution in [0.2, 0.25) is 0 Å². The molecule has 2 aromatic rings. The van der Waals surface area contributed by atoms with Gasteiger partial charge in [0.2, 0.25) is 5.90 Å². The van der Waals surface area contributed by atoms with Crippen LogP contribution in [-0.4, -0.2) is 25.6 Å². The average Bonchev–Trinajstić information content (AvgIpc) is 3.01. The van der Waals surface area contributed by atoms with E-state index in [1.807, 2.05) is 37.3 Å². The van der Waals surface area contributed by atoms with E-state index in [2.05, 4.69) is 50.1 Å². The minimum atomic E-state index is -0.491. The molecule has 0 spiro atoms. The molecule has 1 aliphatic rings. The number of hydrogen-bond acceptors (Lipinski definition) is 5. The fraction of sp³-hybridized carbons (Fsp3) is 0.143. The molecule has 2 aromatic carbocycles. The lowest BCUT2D eigenvalue weighted by molar-refractivity contribution is -0.129. The lowest BCUT2D eigenvalue weighted by Crippen LogP contribution is -2.05. The molecule has 0 radical (unpaired) electrons. The fourth-order valence-corrected chi connectivity index (χ4v) is 3.49. The summed E-state index contributed by atoms with van der Waals surface area (Å²) in [5.41, 5.74) is 2.63. The Bertz CT molecular complexity index is 996. The summed E-state index contributed by atoms with van der Waals surface area (Å²) in [6, 6.07) is 11.1. The second kappa shape index (κ2) is 8.91. The van der Waals surface area contributed by atoms with Gasteiger partial charge in [0, 0.05) is 10.0 Å². The van der Waals surface area contributed by atoms with E-state index in [9.17, 15) is 4.79 Å². The SMILES string of the molecule is C=C(C)COc1c(I)cc(/C=C2\N=C(c3ccc(Br)cc3)OC2=O)cc1OC. The van der Waals surface area contributed by atoms with Gasteiger partial charge in [-0.1, -0.05) is 22.5 Å². The molecule has 28 heavy (non-hydrogen) atoms. The predicted octanol–water partition coefficient (Wildman–Crippen LogP) is 5.36. The predicted molar refractivity (Wildman–Crippen MR) is 121 cm³/mol. The van der Waals surface area contributed by atoms with Gasteiger partial charge >= 0.3 is 5.97 Å². The van der Waals surface area contributed by atoms with Crippen LogP contribution in [0.25, 0.3) is 6.08 Å². The first kappa shape index (κ1) is 20.6. The Balaban J connectivity index is 1.91. The summed E-state index contributed by atoms with van der Waals surface area (Å²) in [7, 11) is 1.57. The number of aliphatic imine (C=N–C) groups is 1. The number of ether oxygens (including phenoxy) is 3. The molecule has 144 valence electrons. The number of halogens is 2. The van der Waals surface area contributed by atoms with Gasteiger partial charge in [0.05, 0.1) is 10.7 Å². The summed E-state index contributed by atoms with van der Waals surface area (Å²) in [5.74, 6) is 1.01. The number of carbonyl (C=O) groups is 1. The van der Waals surface area contributed by atoms with Crippen molar-refractivity contribution in [2.45, 2.75) is 6.92 Å². The van der Waals surface area contributed by atoms with Gasteiger partial charge in [-0.25, -0.2) is 9.79 Å². The molecular weight excluding hydrogens is 537 g/mol. The van der Waals surface area contributed by atoms with E-state index in [-0.39, 0.29) is 11.6 Å². The van der Waals surface area contributed by atoms with Gasteiger partial charge in [-0.05, 0) is 83.1 Å². The first-order valence-electron chi connectivity index (χ1n) is 8.30. The number of benzene rings is 2. The number of esters is 1. The highest BCUT2D eigenvalue weighted by molar-refractivity contribution is 14.1. The molecule has 0 fully saturated rings. The molecule has 0 saturated carbocycles. The number of rotatable bonds is 6. The Morgan fingerprint density at radius 1 is 1.32 bits per heavy atom. The monoisotopic (exact) mass is 553 g/mol. The number of cyclic esters (lactones) is 1. The van der Waals surface area contributed by atoms with Gasteiger partial charge in [0.25, 0.3) is 0 Å². The zero-order valence-electron chi connectivity index (χ0n) is 15.3. The molecule has 7 heteroatoms. The van der Waals surface area contributed by atoms with Crippen molar-refractivity contribution >= 4 is 56.5 Å². The van der Waals surface area contributed by atoms with Crippen LogP contribution in [0.1, 0.15) is 18.1 Å². The van der Waals surface area contributed by atoms with Crippen molar-refractivity contribution in [3.63, 3.8) is 0 Å². The van der Waals surface area contributed by atoms with E-state index < -0.39 is 5.97 Å². The van der Waals surface area contributed by atoms with Gasteiger partial charge in [-0.15, -0.1) is 0 Å². The van der Waals surface area contributed by atoms with Crippen molar-refractivity contribution in [2.24, 2.45) is 4.99 Å². The Morgan fingerprint density at radius 3 is 2.68 bits per heavy atom. The van der Waals surface area contributed by atoms with E-state index in [1.165, 1.54) is 0 Å². The maximum Gasteiger partial charge on any atom is 0.363 e. The van der Waals surface area contributed by atoms with Crippen LogP contribution in [0.15, 0.2) is 63.7 Å². The minimum absolute atomic E-state index is 0.228. The van der Waals surface area contributed by atoms with Crippen LogP contribution in [0.5, 0.6) is 11.5 Å². The summed E-state index contributed by atoms with van der Waals surface area (Å²) >= 11 is 5.55. The lowest BCUT2D eigenvalue weighted by Gasteiger charge is -2.13. The second-order valence-electron chi connectivity index (χ2n) is 6.12. The van der Waals surface area contributed by atoms with Crippen molar-refractivity contribution in [1.82, 2.24) is 0 Å². The maximum absolute atomic E-state index is 12.2. The van der Waals surface area contributed by atoms with Gasteiger partial charge < -0.3 is 14.2 Å². The Kier molecular flexibility index (Phi) is 6.56. The van der Waals surface area contributed by atoms with Crippen molar-refractivity contribution in [3.8, 4) is 11.5 Å². The number of nitrogens with zero attached hydrogens (tertiary/aromatic N) is 1. The lowest BCUT2D eigenvalue weighted by atomic mass is 10.1. The average molecular weight is 554 g/mol. The largest absolute Gasteiger partial charge is 0.493 e. The van der Waals surface area contributed by atoms with Crippen LogP contribution in [0.4, 0.5) is 0 Å². The van der Waals surface area contributed by atoms with Crippen molar-refractivity contribution < 1.29 is 19.0 Å². The Labute approximate surface area is 185 Å². The molecule has 0 amide bonds. The van der Waals surface area contributed by atoms with Gasteiger partial charge in [0.15, 0.2) is 17.2 Å². The van der Waals surface area contributed by atoms with E-state index in [1.54, 1.807) is 19.3 Å². The minimum Gasteiger partial charge on any atom is -0.493 e. The van der Waals surface area contributed by atoms with Crippen molar-refractivity contribution in [2.75, 3.05) is 13.7 Å². The highest BCUT2D eigenvalue weighted by Gasteiger charge is 2.24. The zero-order valence-corrected chi connectivity index (χ0v) is 19.0. The molecule has 0 aliphatic carbocycles. The number of carbonyl (C=O) groups excluding carboxylic acids is 1. The number of hydrogen-bond donors (Lipinski definition) is 0. The topological polar surface area (TPSA) is 57.1 Å². The van der Waals surface area contributed by atoms with E-state index in [0.717, 1.165) is 24.7 Å². The quantitative estimate of drug-likeness (QED) is 0.209. The molecule has 0 aromatic heterocycles. The highest BCUT2D eigenvalue weighted by atomic mass is 127. The summed E-state index contributed by atoms with van der Waals surface area (Å²) in [6.45, 7) is 6.14. The Morgan fingerprint density at radius 2 is 2.04 bits per heavy atom. The summed E-state index contributed by atoms with van der Waals surface area (Å²) in [5, 5.41) is 0. The van der Waals surface area contributed by atoms with Gasteiger partial charge in [-0.2, -0.15) is 0 Å². The molecule has 5 nitrogen and oxygen atoms in total. The smallest absolute Gasteiger partial charge is 0.363 e. The van der Waals surface area contributed by atoms with Gasteiger partial charge in [-0.3, -0.25) is 0 Å². The van der Waals surface area contributed by atoms with Gasteiger partial charge in [0.1, 0.15) is 6.61 Å². The molecule has 0 N–H and O–H groups in total. The molecule has 1 heterocycles. The molecule has 3 rings (SSSR count). The van der Waals surface area contributed by atoms with Crippen molar-refractivity contribution in [3.05, 3.63) is 73.4 Å². The third kappa shape index (κ3) is 4.82. The Hall–Kier alpha value is -2.13. The second-order valence-corrected chi connectivity index (χ2v) is 8.20. The molecular formula is C21H17BrINO4. The van der Waals surface area contributed by atoms with Crippen LogP contribution in [0, 0.1) is 3.57 Å². The molecule has 0 unspecified atom stereocenters. The molecule has 0 bridgehead atoms. The van der Waals surface area contributed by atoms with Crippen LogP contribution in [0.3, 0.4) is 0 Å². The summed E-state index contributed by atoms with van der Waals surface area (Å²) in [6.07, 6.45) is 1.67. The summed E-state index contributed by atoms with van der Waals surface area (Å²) < 4.78 is 18.3. The normalized spacial score (nSPS) is 14.6. The molecule has 1 aliphatic heterocycles. The fourth-order valence-electron chi connectivity index (χ4n) is 2.44. The molecule has 0 atom stereocenters. The third-order valence-electron chi connectivity index (χ3n) is 3.73. The van der Waals surface area contributed by atoms with E-state index >= 15 is 0 Å². The first-order valence-corrected chi connectivity index (χ1v) is 10.2. The van der Waals surface area contributed by atoms with E-state index in [0.29, 0.717) is 18.1 Å². The van der Waals surface area contributed by atoms with Crippen LogP contribution < -0.4 is 9.47 Å². The first-order chi connectivity index (χ1) is 13.4. The van der Waals surface area contributed by atoms with Crippen molar-refractivity contribution in [1.29, 1.82) is 0 Å². The standard InChI is InChI=1S/C21H17BrINO4/c1-12(2)11-27-19-16(23)8-13(10-18(19)26-3)9-17-21(25)28-20(24-17)14-4-6-15(22)7-5-14/h4-10H,1,11H2,2-3H3/b17-9-. The zero-order chi connectivity index (χ0) is 20.3. The molecule has 0 saturated heterocycles. The van der Waals surface area contributed by atoms with Crippen LogP contribution >= 0.6 is 38.5 Å².